The summed E-state index contributed by atoms with van der Waals surface area (Å²) in [6, 6.07) is 9.75. The van der Waals surface area contributed by atoms with E-state index in [0.717, 1.165) is 23.2 Å². The van der Waals surface area contributed by atoms with Gasteiger partial charge in [0.1, 0.15) is 12.4 Å². The first-order valence-corrected chi connectivity index (χ1v) is 7.71. The number of nitrogens with zero attached hydrogens (tertiary/aromatic N) is 2. The first-order valence-electron chi connectivity index (χ1n) is 7.71. The standard InChI is InChI=1S/C17H22N2O2/c20-13-14-12-17(15-6-2-3-7-16(15)18-14)21-11-10-19-8-4-1-5-9-19/h2-3,6-7,12,20H,1,4-5,8-11,13H2. The molecule has 1 saturated heterocycles. The van der Waals surface area contributed by atoms with Gasteiger partial charge in [0.2, 0.25) is 0 Å². The highest BCUT2D eigenvalue weighted by atomic mass is 16.5. The van der Waals surface area contributed by atoms with Crippen molar-refractivity contribution in [2.24, 2.45) is 0 Å². The van der Waals surface area contributed by atoms with Crippen LogP contribution in [-0.2, 0) is 6.61 Å². The molecule has 0 amide bonds. The minimum Gasteiger partial charge on any atom is -0.491 e. The van der Waals surface area contributed by atoms with Crippen LogP contribution in [0.5, 0.6) is 5.75 Å². The van der Waals surface area contributed by atoms with Crippen LogP contribution in [0.1, 0.15) is 25.0 Å². The maximum atomic E-state index is 9.32. The van der Waals surface area contributed by atoms with Crippen molar-refractivity contribution >= 4 is 10.9 Å². The minimum absolute atomic E-state index is 0.0622. The molecule has 1 fully saturated rings. The summed E-state index contributed by atoms with van der Waals surface area (Å²) in [6.45, 7) is 3.95. The minimum atomic E-state index is -0.0622. The first kappa shape index (κ1) is 14.3. The van der Waals surface area contributed by atoms with Crippen molar-refractivity contribution in [3.05, 3.63) is 36.0 Å². The van der Waals surface area contributed by atoms with E-state index in [9.17, 15) is 5.11 Å². The molecule has 4 nitrogen and oxygen atoms in total. The molecule has 1 aliphatic rings. The second kappa shape index (κ2) is 6.87. The van der Waals surface area contributed by atoms with Gasteiger partial charge < -0.3 is 9.84 Å². The molecule has 0 unspecified atom stereocenters. The molecule has 1 aliphatic heterocycles. The summed E-state index contributed by atoms with van der Waals surface area (Å²) in [4.78, 5) is 6.87. The number of hydrogen-bond donors (Lipinski definition) is 1. The Morgan fingerprint density at radius 1 is 1.14 bits per heavy atom. The lowest BCUT2D eigenvalue weighted by Gasteiger charge is -2.26. The molecule has 0 radical (unpaired) electrons. The van der Waals surface area contributed by atoms with Gasteiger partial charge in [-0.25, -0.2) is 0 Å². The van der Waals surface area contributed by atoms with E-state index in [-0.39, 0.29) is 6.61 Å². The molecule has 0 aliphatic carbocycles. The lowest BCUT2D eigenvalue weighted by molar-refractivity contribution is 0.184. The van der Waals surface area contributed by atoms with Crippen LogP contribution in [0.15, 0.2) is 30.3 Å². The number of rotatable bonds is 5. The van der Waals surface area contributed by atoms with E-state index in [1.807, 2.05) is 30.3 Å². The van der Waals surface area contributed by atoms with Crippen molar-refractivity contribution in [2.75, 3.05) is 26.2 Å². The largest absolute Gasteiger partial charge is 0.491 e. The van der Waals surface area contributed by atoms with Crippen LogP contribution in [-0.4, -0.2) is 41.2 Å². The van der Waals surface area contributed by atoms with E-state index < -0.39 is 0 Å². The van der Waals surface area contributed by atoms with Crippen LogP contribution in [0, 0.1) is 0 Å². The average molecular weight is 286 g/mol. The number of aliphatic hydroxyl groups excluding tert-OH is 1. The summed E-state index contributed by atoms with van der Waals surface area (Å²) in [7, 11) is 0. The second-order valence-electron chi connectivity index (χ2n) is 5.54. The molecule has 1 N–H and O–H groups in total. The molecule has 0 atom stereocenters. The topological polar surface area (TPSA) is 45.6 Å². The number of aliphatic hydroxyl groups is 1. The summed E-state index contributed by atoms with van der Waals surface area (Å²) < 4.78 is 5.97. The molecule has 4 heteroatoms. The Morgan fingerprint density at radius 2 is 1.95 bits per heavy atom. The van der Waals surface area contributed by atoms with Gasteiger partial charge in [0, 0.05) is 18.0 Å². The summed E-state index contributed by atoms with van der Waals surface area (Å²) in [5.74, 6) is 0.821. The molecule has 1 aromatic heterocycles. The van der Waals surface area contributed by atoms with Gasteiger partial charge in [0.15, 0.2) is 0 Å². The Labute approximate surface area is 125 Å². The van der Waals surface area contributed by atoms with E-state index in [1.54, 1.807) is 0 Å². The number of para-hydroxylation sites is 1. The molecule has 0 saturated carbocycles. The summed E-state index contributed by atoms with van der Waals surface area (Å²) in [5.41, 5.74) is 1.53. The highest BCUT2D eigenvalue weighted by molar-refractivity contribution is 5.85. The molecule has 1 aromatic carbocycles. The Morgan fingerprint density at radius 3 is 2.76 bits per heavy atom. The van der Waals surface area contributed by atoms with Gasteiger partial charge in [0.25, 0.3) is 0 Å². The maximum absolute atomic E-state index is 9.32. The number of aromatic nitrogens is 1. The molecule has 2 heterocycles. The molecule has 112 valence electrons. The van der Waals surface area contributed by atoms with Crippen LogP contribution in [0.25, 0.3) is 10.9 Å². The fourth-order valence-electron chi connectivity index (χ4n) is 2.86. The van der Waals surface area contributed by atoms with E-state index in [0.29, 0.717) is 12.3 Å². The highest BCUT2D eigenvalue weighted by Gasteiger charge is 2.11. The lowest BCUT2D eigenvalue weighted by Crippen LogP contribution is -2.33. The highest BCUT2D eigenvalue weighted by Crippen LogP contribution is 2.25. The van der Waals surface area contributed by atoms with Crippen LogP contribution in [0.2, 0.25) is 0 Å². The average Bonchev–Trinajstić information content (AvgIpc) is 2.55. The van der Waals surface area contributed by atoms with Crippen molar-refractivity contribution in [1.29, 1.82) is 0 Å². The van der Waals surface area contributed by atoms with Crippen molar-refractivity contribution in [3.63, 3.8) is 0 Å². The number of fused-ring (bicyclic) bond motifs is 1. The molecular weight excluding hydrogens is 264 g/mol. The zero-order chi connectivity index (χ0) is 14.5. The monoisotopic (exact) mass is 286 g/mol. The fourth-order valence-corrected chi connectivity index (χ4v) is 2.86. The third-order valence-corrected chi connectivity index (χ3v) is 4.01. The van der Waals surface area contributed by atoms with Gasteiger partial charge in [-0.15, -0.1) is 0 Å². The molecule has 3 rings (SSSR count). The Hall–Kier alpha value is -1.65. The maximum Gasteiger partial charge on any atom is 0.130 e. The van der Waals surface area contributed by atoms with E-state index in [2.05, 4.69) is 9.88 Å². The van der Waals surface area contributed by atoms with Crippen LogP contribution >= 0.6 is 0 Å². The van der Waals surface area contributed by atoms with Crippen LogP contribution < -0.4 is 4.74 Å². The van der Waals surface area contributed by atoms with Crippen molar-refractivity contribution in [3.8, 4) is 5.75 Å². The zero-order valence-corrected chi connectivity index (χ0v) is 12.3. The predicted octanol–water partition coefficient (Wildman–Crippen LogP) is 2.59. The van der Waals surface area contributed by atoms with Gasteiger partial charge in [0.05, 0.1) is 17.8 Å². The van der Waals surface area contributed by atoms with E-state index in [1.165, 1.54) is 32.4 Å². The van der Waals surface area contributed by atoms with Gasteiger partial charge >= 0.3 is 0 Å². The second-order valence-corrected chi connectivity index (χ2v) is 5.54. The van der Waals surface area contributed by atoms with Crippen LogP contribution in [0.3, 0.4) is 0 Å². The van der Waals surface area contributed by atoms with E-state index in [4.69, 9.17) is 4.74 Å². The SMILES string of the molecule is OCc1cc(OCCN2CCCCC2)c2ccccc2n1. The number of pyridine rings is 1. The van der Waals surface area contributed by atoms with Crippen LogP contribution in [0.4, 0.5) is 0 Å². The van der Waals surface area contributed by atoms with Crippen molar-refractivity contribution < 1.29 is 9.84 Å². The zero-order valence-electron chi connectivity index (χ0n) is 12.3. The van der Waals surface area contributed by atoms with Crippen molar-refractivity contribution in [1.82, 2.24) is 9.88 Å². The number of piperidine rings is 1. The molecule has 21 heavy (non-hydrogen) atoms. The summed E-state index contributed by atoms with van der Waals surface area (Å²) in [5, 5.41) is 10.3. The smallest absolute Gasteiger partial charge is 0.130 e. The summed E-state index contributed by atoms with van der Waals surface area (Å²) >= 11 is 0. The Kier molecular flexibility index (Phi) is 4.68. The van der Waals surface area contributed by atoms with E-state index >= 15 is 0 Å². The number of ether oxygens (including phenoxy) is 1. The normalized spacial score (nSPS) is 16.2. The third kappa shape index (κ3) is 3.52. The Bertz CT molecular complexity index is 594. The number of hydrogen-bond acceptors (Lipinski definition) is 4. The first-order chi connectivity index (χ1) is 10.4. The van der Waals surface area contributed by atoms with Gasteiger partial charge in [-0.05, 0) is 38.1 Å². The lowest BCUT2D eigenvalue weighted by atomic mass is 10.1. The quantitative estimate of drug-likeness (QED) is 0.917. The number of likely N-dealkylation sites (tertiary alicyclic amines) is 1. The molecule has 0 bridgehead atoms. The van der Waals surface area contributed by atoms with Gasteiger partial charge in [-0.1, -0.05) is 18.6 Å². The molecular formula is C17H22N2O2. The molecule has 2 aromatic rings. The van der Waals surface area contributed by atoms with Gasteiger partial charge in [-0.3, -0.25) is 9.88 Å². The van der Waals surface area contributed by atoms with Crippen molar-refractivity contribution in [2.45, 2.75) is 25.9 Å². The fraction of sp³-hybridized carbons (Fsp3) is 0.471. The molecule has 0 spiro atoms. The predicted molar refractivity (Wildman–Crippen MR) is 83.5 cm³/mol. The third-order valence-electron chi connectivity index (χ3n) is 4.01. The summed E-state index contributed by atoms with van der Waals surface area (Å²) in [6.07, 6.45) is 3.95. The number of benzene rings is 1. The van der Waals surface area contributed by atoms with Gasteiger partial charge in [-0.2, -0.15) is 0 Å². The Balaban J connectivity index is 1.70.